The molecule has 0 saturated carbocycles. The van der Waals surface area contributed by atoms with E-state index in [1.807, 2.05) is 0 Å². The van der Waals surface area contributed by atoms with E-state index < -0.39 is 0 Å². The molecule has 0 aromatic heterocycles. The van der Waals surface area contributed by atoms with Crippen molar-refractivity contribution in [3.63, 3.8) is 0 Å². The summed E-state index contributed by atoms with van der Waals surface area (Å²) in [4.78, 5) is 0. The fourth-order valence-corrected chi connectivity index (χ4v) is 3.76. The highest BCUT2D eigenvalue weighted by Crippen LogP contribution is 2.22. The Bertz CT molecular complexity index is 190. The molecule has 1 heteroatoms. The molecule has 0 aliphatic heterocycles. The average Bonchev–Trinajstić information content (AvgIpc) is 2.53. The van der Waals surface area contributed by atoms with Crippen LogP contribution in [0, 0.1) is 5.92 Å². The topological polar surface area (TPSA) is 0 Å². The zero-order chi connectivity index (χ0) is 16.3. The predicted octanol–water partition coefficient (Wildman–Crippen LogP) is 8.20. The van der Waals surface area contributed by atoms with E-state index in [0.29, 0.717) is 0 Å². The third-order valence-corrected chi connectivity index (χ3v) is 5.23. The van der Waals surface area contributed by atoms with Crippen LogP contribution in [0.25, 0.3) is 0 Å². The van der Waals surface area contributed by atoms with E-state index in [2.05, 4.69) is 26.5 Å². The number of unbranched alkanes of at least 4 members (excludes halogenated alkanes) is 12. The molecule has 0 aromatic rings. The summed E-state index contributed by atoms with van der Waals surface area (Å²) >= 11 is 4.46. The maximum absolute atomic E-state index is 4.46. The highest BCUT2D eigenvalue weighted by Gasteiger charge is 2.07. The minimum absolute atomic E-state index is 0.962. The molecule has 0 spiro atoms. The van der Waals surface area contributed by atoms with Gasteiger partial charge in [0, 0.05) is 0 Å². The first-order chi connectivity index (χ1) is 10.8. The van der Waals surface area contributed by atoms with E-state index >= 15 is 0 Å². The molecule has 22 heavy (non-hydrogen) atoms. The van der Waals surface area contributed by atoms with Gasteiger partial charge in [-0.25, -0.2) is 0 Å². The second-order valence-electron chi connectivity index (χ2n) is 7.20. The third kappa shape index (κ3) is 16.7. The van der Waals surface area contributed by atoms with Crippen molar-refractivity contribution in [1.82, 2.24) is 0 Å². The van der Waals surface area contributed by atoms with Crippen LogP contribution in [0.5, 0.6) is 0 Å². The molecule has 0 saturated heterocycles. The highest BCUT2D eigenvalue weighted by molar-refractivity contribution is 7.80. The molecule has 0 nitrogen and oxygen atoms in total. The maximum atomic E-state index is 4.46. The molecule has 0 amide bonds. The smallest absolute Gasteiger partial charge is 0.00953 e. The number of hydrogen-bond acceptors (Lipinski definition) is 1. The predicted molar refractivity (Wildman–Crippen MR) is 107 cm³/mol. The van der Waals surface area contributed by atoms with Crippen LogP contribution in [0.2, 0.25) is 0 Å². The van der Waals surface area contributed by atoms with Gasteiger partial charge in [-0.2, -0.15) is 12.6 Å². The van der Waals surface area contributed by atoms with Crippen molar-refractivity contribution in [2.45, 2.75) is 123 Å². The Morgan fingerprint density at radius 2 is 0.864 bits per heavy atom. The summed E-state index contributed by atoms with van der Waals surface area (Å²) in [6.45, 7) is 4.60. The summed E-state index contributed by atoms with van der Waals surface area (Å²) in [5.74, 6) is 2.04. The summed E-state index contributed by atoms with van der Waals surface area (Å²) in [6, 6.07) is 0. The van der Waals surface area contributed by atoms with Gasteiger partial charge in [-0.05, 0) is 18.1 Å². The maximum Gasteiger partial charge on any atom is -0.00953 e. The summed E-state index contributed by atoms with van der Waals surface area (Å²) in [5, 5.41) is 0. The van der Waals surface area contributed by atoms with Crippen molar-refractivity contribution in [1.29, 1.82) is 0 Å². The van der Waals surface area contributed by atoms with Crippen LogP contribution in [0.4, 0.5) is 0 Å². The lowest BCUT2D eigenvalue weighted by Gasteiger charge is -2.15. The third-order valence-electron chi connectivity index (χ3n) is 4.97. The standard InChI is InChI=1S/C21H44S/c1-3-5-7-9-11-12-14-16-18-21(19-20-22)17-15-13-10-8-6-4-2/h21-22H,3-20H2,1-2H3. The lowest BCUT2D eigenvalue weighted by molar-refractivity contribution is 0.395. The van der Waals surface area contributed by atoms with Gasteiger partial charge in [-0.1, -0.05) is 117 Å². The lowest BCUT2D eigenvalue weighted by Crippen LogP contribution is -2.02. The minimum Gasteiger partial charge on any atom is -0.179 e. The van der Waals surface area contributed by atoms with Gasteiger partial charge in [-0.3, -0.25) is 0 Å². The molecule has 0 aliphatic rings. The van der Waals surface area contributed by atoms with Crippen molar-refractivity contribution in [2.24, 2.45) is 5.92 Å². The van der Waals surface area contributed by atoms with Gasteiger partial charge in [0.05, 0.1) is 0 Å². The molecule has 134 valence electrons. The molecular weight excluding hydrogens is 284 g/mol. The molecule has 0 rings (SSSR count). The Kier molecular flexibility index (Phi) is 19.7. The van der Waals surface area contributed by atoms with Crippen LogP contribution in [-0.2, 0) is 0 Å². The van der Waals surface area contributed by atoms with E-state index in [4.69, 9.17) is 0 Å². The highest BCUT2D eigenvalue weighted by atomic mass is 32.1. The molecule has 1 atom stereocenters. The first-order valence-corrected chi connectivity index (χ1v) is 11.1. The zero-order valence-electron chi connectivity index (χ0n) is 15.8. The molecule has 1 unspecified atom stereocenters. The minimum atomic E-state index is 0.962. The Labute approximate surface area is 147 Å². The molecule has 0 N–H and O–H groups in total. The van der Waals surface area contributed by atoms with Gasteiger partial charge in [0.15, 0.2) is 0 Å². The largest absolute Gasteiger partial charge is 0.179 e. The average molecular weight is 329 g/mol. The molecule has 0 radical (unpaired) electrons. The van der Waals surface area contributed by atoms with Crippen LogP contribution in [0.1, 0.15) is 123 Å². The van der Waals surface area contributed by atoms with Crippen LogP contribution in [0.15, 0.2) is 0 Å². The van der Waals surface area contributed by atoms with Crippen LogP contribution in [0.3, 0.4) is 0 Å². The normalized spacial score (nSPS) is 12.7. The van der Waals surface area contributed by atoms with Crippen molar-refractivity contribution < 1.29 is 0 Å². The van der Waals surface area contributed by atoms with E-state index in [-0.39, 0.29) is 0 Å². The van der Waals surface area contributed by atoms with E-state index in [1.54, 1.807) is 0 Å². The summed E-state index contributed by atoms with van der Waals surface area (Å²) in [7, 11) is 0. The van der Waals surface area contributed by atoms with Crippen molar-refractivity contribution in [3.05, 3.63) is 0 Å². The zero-order valence-corrected chi connectivity index (χ0v) is 16.6. The lowest BCUT2D eigenvalue weighted by atomic mass is 9.92. The summed E-state index contributed by atoms with van der Waals surface area (Å²) < 4.78 is 0. The quantitative estimate of drug-likeness (QED) is 0.190. The Morgan fingerprint density at radius 3 is 1.23 bits per heavy atom. The van der Waals surface area contributed by atoms with Crippen LogP contribution in [-0.4, -0.2) is 5.75 Å². The van der Waals surface area contributed by atoms with E-state index in [1.165, 1.54) is 109 Å². The van der Waals surface area contributed by atoms with E-state index in [0.717, 1.165) is 11.7 Å². The van der Waals surface area contributed by atoms with Gasteiger partial charge < -0.3 is 0 Å². The summed E-state index contributed by atoms with van der Waals surface area (Å²) in [5.41, 5.74) is 0. The van der Waals surface area contributed by atoms with Gasteiger partial charge in [-0.15, -0.1) is 0 Å². The second kappa shape index (κ2) is 19.4. The van der Waals surface area contributed by atoms with Crippen LogP contribution >= 0.6 is 12.6 Å². The van der Waals surface area contributed by atoms with Gasteiger partial charge >= 0.3 is 0 Å². The fraction of sp³-hybridized carbons (Fsp3) is 1.00. The second-order valence-corrected chi connectivity index (χ2v) is 7.65. The van der Waals surface area contributed by atoms with Gasteiger partial charge in [0.1, 0.15) is 0 Å². The fourth-order valence-electron chi connectivity index (χ4n) is 3.40. The molecule has 0 aromatic carbocycles. The summed E-state index contributed by atoms with van der Waals surface area (Å²) in [6.07, 6.45) is 24.5. The van der Waals surface area contributed by atoms with E-state index in [9.17, 15) is 0 Å². The Balaban J connectivity index is 3.43. The SMILES string of the molecule is CCCCCCCCCCC(CCS)CCCCCCCC. The number of rotatable bonds is 18. The monoisotopic (exact) mass is 328 g/mol. The molecular formula is C21H44S. The molecule has 0 bridgehead atoms. The number of hydrogen-bond donors (Lipinski definition) is 1. The van der Waals surface area contributed by atoms with Crippen molar-refractivity contribution in [3.8, 4) is 0 Å². The Morgan fingerprint density at radius 1 is 0.500 bits per heavy atom. The first kappa shape index (κ1) is 22.4. The van der Waals surface area contributed by atoms with Crippen molar-refractivity contribution in [2.75, 3.05) is 5.75 Å². The van der Waals surface area contributed by atoms with Gasteiger partial charge in [0.25, 0.3) is 0 Å². The molecule has 0 aliphatic carbocycles. The first-order valence-electron chi connectivity index (χ1n) is 10.5. The van der Waals surface area contributed by atoms with Gasteiger partial charge in [0.2, 0.25) is 0 Å². The molecule has 0 fully saturated rings. The van der Waals surface area contributed by atoms with Crippen molar-refractivity contribution >= 4 is 12.6 Å². The molecule has 0 heterocycles. The Hall–Kier alpha value is 0.350. The number of thiol groups is 1. The van der Waals surface area contributed by atoms with Crippen LogP contribution < -0.4 is 0 Å².